The Bertz CT molecular complexity index is 760. The number of aliphatic hydroxyl groups excluding tert-OH is 1. The van der Waals surface area contributed by atoms with E-state index in [4.69, 9.17) is 0 Å². The molecule has 1 unspecified atom stereocenters. The van der Waals surface area contributed by atoms with Gasteiger partial charge in [-0.1, -0.05) is 30.3 Å². The highest BCUT2D eigenvalue weighted by Gasteiger charge is 2.29. The second-order valence-corrected chi connectivity index (χ2v) is 5.81. The van der Waals surface area contributed by atoms with Crippen molar-refractivity contribution in [1.29, 1.82) is 0 Å². The number of halogens is 4. The third-order valence-electron chi connectivity index (χ3n) is 3.77. The van der Waals surface area contributed by atoms with Crippen LogP contribution in [0.1, 0.15) is 29.7 Å². The van der Waals surface area contributed by atoms with Crippen molar-refractivity contribution in [2.75, 3.05) is 13.1 Å². The van der Waals surface area contributed by atoms with Gasteiger partial charge in [0.15, 0.2) is 5.96 Å². The first kappa shape index (κ1) is 20.7. The predicted octanol–water partition coefficient (Wildman–Crippen LogP) is 3.63. The van der Waals surface area contributed by atoms with Gasteiger partial charge in [-0.25, -0.2) is 9.38 Å². The molecule has 0 aromatic heterocycles. The van der Waals surface area contributed by atoms with Crippen LogP contribution in [-0.2, 0) is 12.7 Å². The van der Waals surface area contributed by atoms with Gasteiger partial charge in [0.25, 0.3) is 0 Å². The molecule has 0 bridgehead atoms. The molecular weight excluding hydrogens is 362 g/mol. The van der Waals surface area contributed by atoms with Crippen LogP contribution in [-0.4, -0.2) is 24.2 Å². The summed E-state index contributed by atoms with van der Waals surface area (Å²) in [7, 11) is 0. The summed E-state index contributed by atoms with van der Waals surface area (Å²) in [5, 5.41) is 16.0. The summed E-state index contributed by atoms with van der Waals surface area (Å²) in [6, 6.07) is 10.7. The lowest BCUT2D eigenvalue weighted by Crippen LogP contribution is -2.39. The van der Waals surface area contributed by atoms with Gasteiger partial charge in [-0.2, -0.15) is 13.2 Å². The van der Waals surface area contributed by atoms with E-state index in [1.165, 1.54) is 30.3 Å². The Labute approximate surface area is 154 Å². The molecule has 0 saturated heterocycles. The molecule has 0 aliphatic carbocycles. The van der Waals surface area contributed by atoms with Crippen molar-refractivity contribution in [3.63, 3.8) is 0 Å². The number of aliphatic hydroxyl groups is 1. The number of benzene rings is 2. The summed E-state index contributed by atoms with van der Waals surface area (Å²) in [6.07, 6.45) is -5.44. The number of rotatable bonds is 6. The molecule has 0 aliphatic rings. The highest BCUT2D eigenvalue weighted by molar-refractivity contribution is 5.79. The fourth-order valence-corrected chi connectivity index (χ4v) is 2.36. The third kappa shape index (κ3) is 6.25. The summed E-state index contributed by atoms with van der Waals surface area (Å²) in [5.74, 6) is -0.133. The smallest absolute Gasteiger partial charge is 0.386 e. The summed E-state index contributed by atoms with van der Waals surface area (Å²) >= 11 is 0. The third-order valence-corrected chi connectivity index (χ3v) is 3.77. The molecule has 3 N–H and O–H groups in total. The Hall–Kier alpha value is -2.61. The van der Waals surface area contributed by atoms with Crippen LogP contribution >= 0.6 is 0 Å². The van der Waals surface area contributed by atoms with Crippen LogP contribution in [0.3, 0.4) is 0 Å². The van der Waals surface area contributed by atoms with Gasteiger partial charge in [0.05, 0.1) is 18.2 Å². The molecule has 27 heavy (non-hydrogen) atoms. The molecule has 2 rings (SSSR count). The van der Waals surface area contributed by atoms with Crippen LogP contribution in [0.25, 0.3) is 0 Å². The molecule has 0 saturated carbocycles. The number of nitrogens with one attached hydrogen (secondary N) is 2. The first-order chi connectivity index (χ1) is 12.8. The molecular formula is C19H21F4N3O. The first-order valence-electron chi connectivity index (χ1n) is 8.42. The summed E-state index contributed by atoms with van der Waals surface area (Å²) in [6.45, 7) is 2.58. The van der Waals surface area contributed by atoms with E-state index in [0.717, 1.165) is 12.1 Å². The summed E-state index contributed by atoms with van der Waals surface area (Å²) < 4.78 is 51.4. The van der Waals surface area contributed by atoms with Gasteiger partial charge in [0, 0.05) is 18.7 Å². The van der Waals surface area contributed by atoms with Gasteiger partial charge in [-0.3, -0.25) is 0 Å². The molecule has 2 aromatic rings. The van der Waals surface area contributed by atoms with Crippen LogP contribution in [0.15, 0.2) is 53.5 Å². The molecule has 0 amide bonds. The largest absolute Gasteiger partial charge is 0.416 e. The molecule has 0 aliphatic heterocycles. The maximum Gasteiger partial charge on any atom is 0.416 e. The molecule has 0 fully saturated rings. The van der Waals surface area contributed by atoms with Crippen LogP contribution in [0.2, 0.25) is 0 Å². The van der Waals surface area contributed by atoms with Gasteiger partial charge in [0.1, 0.15) is 5.82 Å². The van der Waals surface area contributed by atoms with E-state index in [2.05, 4.69) is 15.6 Å². The first-order valence-corrected chi connectivity index (χ1v) is 8.42. The Morgan fingerprint density at radius 3 is 2.33 bits per heavy atom. The summed E-state index contributed by atoms with van der Waals surface area (Å²) in [4.78, 5) is 4.27. The van der Waals surface area contributed by atoms with Gasteiger partial charge < -0.3 is 15.7 Å². The number of aliphatic imine (C=N–C) groups is 1. The van der Waals surface area contributed by atoms with Crippen LogP contribution in [0.4, 0.5) is 17.6 Å². The van der Waals surface area contributed by atoms with Gasteiger partial charge in [0.2, 0.25) is 0 Å². The lowest BCUT2D eigenvalue weighted by Gasteiger charge is -2.16. The van der Waals surface area contributed by atoms with Crippen LogP contribution < -0.4 is 10.6 Å². The van der Waals surface area contributed by atoms with Gasteiger partial charge in [-0.15, -0.1) is 0 Å². The number of alkyl halides is 3. The van der Waals surface area contributed by atoms with Crippen molar-refractivity contribution in [3.8, 4) is 0 Å². The molecule has 146 valence electrons. The van der Waals surface area contributed by atoms with E-state index in [0.29, 0.717) is 18.1 Å². The predicted molar refractivity (Wildman–Crippen MR) is 95.6 cm³/mol. The lowest BCUT2D eigenvalue weighted by molar-refractivity contribution is -0.137. The van der Waals surface area contributed by atoms with E-state index >= 15 is 0 Å². The maximum absolute atomic E-state index is 13.7. The van der Waals surface area contributed by atoms with Gasteiger partial charge in [-0.05, 0) is 30.7 Å². The average molecular weight is 383 g/mol. The maximum atomic E-state index is 13.7. The van der Waals surface area contributed by atoms with E-state index in [1.54, 1.807) is 6.07 Å². The number of guanidine groups is 1. The molecule has 1 atom stereocenters. The van der Waals surface area contributed by atoms with Crippen molar-refractivity contribution in [2.24, 2.45) is 4.99 Å². The van der Waals surface area contributed by atoms with Crippen molar-refractivity contribution >= 4 is 5.96 Å². The van der Waals surface area contributed by atoms with Crippen molar-refractivity contribution in [1.82, 2.24) is 10.6 Å². The highest BCUT2D eigenvalue weighted by atomic mass is 19.4. The van der Waals surface area contributed by atoms with Crippen LogP contribution in [0, 0.1) is 5.82 Å². The number of hydrogen-bond donors (Lipinski definition) is 3. The van der Waals surface area contributed by atoms with E-state index in [9.17, 15) is 22.7 Å². The fourth-order valence-electron chi connectivity index (χ4n) is 2.36. The molecule has 2 aromatic carbocycles. The van der Waals surface area contributed by atoms with Crippen molar-refractivity contribution in [3.05, 3.63) is 71.0 Å². The lowest BCUT2D eigenvalue weighted by atomic mass is 10.1. The van der Waals surface area contributed by atoms with Crippen molar-refractivity contribution in [2.45, 2.75) is 25.7 Å². The van der Waals surface area contributed by atoms with E-state index in [1.807, 2.05) is 6.92 Å². The Kier molecular flexibility index (Phi) is 7.18. The minimum absolute atomic E-state index is 0.0276. The average Bonchev–Trinajstić information content (AvgIpc) is 2.63. The zero-order valence-corrected chi connectivity index (χ0v) is 14.7. The number of nitrogens with zero attached hydrogens (tertiary/aromatic N) is 1. The Balaban J connectivity index is 1.98. The molecule has 0 spiro atoms. The minimum atomic E-state index is -4.37. The SMILES string of the molecule is CCNC(=NCc1ccc(C(F)(F)F)cc1)NCC(O)c1ccccc1F. The topological polar surface area (TPSA) is 56.7 Å². The molecule has 4 nitrogen and oxygen atoms in total. The Morgan fingerprint density at radius 2 is 1.74 bits per heavy atom. The van der Waals surface area contributed by atoms with Gasteiger partial charge >= 0.3 is 6.18 Å². The van der Waals surface area contributed by atoms with Crippen LogP contribution in [0.5, 0.6) is 0 Å². The second kappa shape index (κ2) is 9.36. The second-order valence-electron chi connectivity index (χ2n) is 5.81. The molecule has 0 heterocycles. The molecule has 0 radical (unpaired) electrons. The monoisotopic (exact) mass is 383 g/mol. The van der Waals surface area contributed by atoms with E-state index in [-0.39, 0.29) is 18.7 Å². The Morgan fingerprint density at radius 1 is 1.07 bits per heavy atom. The summed E-state index contributed by atoms with van der Waals surface area (Å²) in [5.41, 5.74) is 0.0618. The van der Waals surface area contributed by atoms with Crippen molar-refractivity contribution < 1.29 is 22.7 Å². The molecule has 8 heteroatoms. The zero-order chi connectivity index (χ0) is 19.9. The zero-order valence-electron chi connectivity index (χ0n) is 14.7. The normalized spacial score (nSPS) is 13.3. The fraction of sp³-hybridized carbons (Fsp3) is 0.316. The number of hydrogen-bond acceptors (Lipinski definition) is 2. The van der Waals surface area contributed by atoms with E-state index < -0.39 is 23.7 Å². The quantitative estimate of drug-likeness (QED) is 0.406. The standard InChI is InChI=1S/C19H21F4N3O/c1-2-24-18(26-12-17(27)15-5-3-4-6-16(15)20)25-11-13-7-9-14(10-8-13)19(21,22)23/h3-10,17,27H,2,11-12H2,1H3,(H2,24,25,26). The highest BCUT2D eigenvalue weighted by Crippen LogP contribution is 2.29. The minimum Gasteiger partial charge on any atom is -0.386 e.